The first-order chi connectivity index (χ1) is 10.1. The first-order valence-electron chi connectivity index (χ1n) is 7.50. The number of nitrogens with zero attached hydrogens (tertiary/aromatic N) is 2. The van der Waals surface area contributed by atoms with E-state index in [1.807, 2.05) is 6.07 Å². The number of fused-ring (bicyclic) bond motifs is 1. The highest BCUT2D eigenvalue weighted by Gasteiger charge is 2.23. The summed E-state index contributed by atoms with van der Waals surface area (Å²) in [6.45, 7) is 3.26. The Kier molecular flexibility index (Phi) is 4.55. The number of alkyl halides is 1. The van der Waals surface area contributed by atoms with E-state index in [2.05, 4.69) is 32.4 Å². The summed E-state index contributed by atoms with van der Waals surface area (Å²) in [6.07, 6.45) is 5.19. The van der Waals surface area contributed by atoms with Gasteiger partial charge in [-0.25, -0.2) is 9.37 Å². The molecule has 3 rings (SSSR count). The molecule has 0 N–H and O–H groups in total. The monoisotopic (exact) mass is 372 g/mol. The van der Waals surface area contributed by atoms with Crippen molar-refractivity contribution in [2.24, 2.45) is 11.8 Å². The van der Waals surface area contributed by atoms with Gasteiger partial charge in [-0.1, -0.05) is 26.2 Å². The Hall–Kier alpha value is -0.610. The Bertz CT molecular complexity index is 655. The van der Waals surface area contributed by atoms with Crippen LogP contribution in [0.5, 0.6) is 0 Å². The smallest absolute Gasteiger partial charge is 0.139 e. The van der Waals surface area contributed by atoms with E-state index >= 15 is 0 Å². The molecule has 1 aliphatic rings. The van der Waals surface area contributed by atoms with E-state index in [1.165, 1.54) is 31.7 Å². The zero-order chi connectivity index (χ0) is 15.0. The van der Waals surface area contributed by atoms with E-state index in [-0.39, 0.29) is 5.82 Å². The van der Waals surface area contributed by atoms with Crippen LogP contribution in [-0.2, 0) is 12.4 Å². The minimum absolute atomic E-state index is 0.278. The van der Waals surface area contributed by atoms with Crippen LogP contribution in [0.25, 0.3) is 11.0 Å². The molecular formula is C16H19BrClFN2. The van der Waals surface area contributed by atoms with E-state index in [9.17, 15) is 4.39 Å². The van der Waals surface area contributed by atoms with E-state index in [1.54, 1.807) is 0 Å². The van der Waals surface area contributed by atoms with Gasteiger partial charge in [-0.15, -0.1) is 11.6 Å². The molecule has 0 radical (unpaired) electrons. The Morgan fingerprint density at radius 1 is 1.38 bits per heavy atom. The van der Waals surface area contributed by atoms with Crippen molar-refractivity contribution in [3.8, 4) is 0 Å². The lowest BCUT2D eigenvalue weighted by Gasteiger charge is -2.29. The topological polar surface area (TPSA) is 17.8 Å². The fourth-order valence-electron chi connectivity index (χ4n) is 3.37. The summed E-state index contributed by atoms with van der Waals surface area (Å²) in [4.78, 5) is 4.49. The maximum Gasteiger partial charge on any atom is 0.139 e. The summed E-state index contributed by atoms with van der Waals surface area (Å²) in [6, 6.07) is 3.30. The molecule has 1 aromatic carbocycles. The average molecular weight is 374 g/mol. The summed E-state index contributed by atoms with van der Waals surface area (Å²) in [5.74, 6) is 2.29. The summed E-state index contributed by atoms with van der Waals surface area (Å²) < 4.78 is 16.3. The molecule has 1 heterocycles. The van der Waals surface area contributed by atoms with Crippen LogP contribution in [0.2, 0.25) is 0 Å². The molecule has 2 unspecified atom stereocenters. The minimum atomic E-state index is -0.278. The SMILES string of the molecule is CC1CCCCC1Cn1c(CCl)nc2cc(F)c(Br)cc21. The van der Waals surface area contributed by atoms with Gasteiger partial charge in [-0.2, -0.15) is 0 Å². The van der Waals surface area contributed by atoms with Crippen molar-refractivity contribution in [3.63, 3.8) is 0 Å². The van der Waals surface area contributed by atoms with Crippen molar-refractivity contribution in [1.82, 2.24) is 9.55 Å². The van der Waals surface area contributed by atoms with Crippen LogP contribution in [0.3, 0.4) is 0 Å². The van der Waals surface area contributed by atoms with Crippen LogP contribution in [-0.4, -0.2) is 9.55 Å². The molecule has 2 atom stereocenters. The lowest BCUT2D eigenvalue weighted by Crippen LogP contribution is -2.22. The fourth-order valence-corrected chi connectivity index (χ4v) is 3.91. The minimum Gasteiger partial charge on any atom is -0.327 e. The van der Waals surface area contributed by atoms with Crippen molar-refractivity contribution in [2.75, 3.05) is 0 Å². The third-order valence-corrected chi connectivity index (χ3v) is 5.54. The van der Waals surface area contributed by atoms with E-state index in [0.29, 0.717) is 21.8 Å². The summed E-state index contributed by atoms with van der Waals surface area (Å²) in [5, 5.41) is 0. The normalized spacial score (nSPS) is 22.9. The molecule has 1 aliphatic carbocycles. The highest BCUT2D eigenvalue weighted by Crippen LogP contribution is 2.33. The van der Waals surface area contributed by atoms with Gasteiger partial charge in [0, 0.05) is 12.6 Å². The number of halogens is 3. The summed E-state index contributed by atoms with van der Waals surface area (Å²) in [7, 11) is 0. The molecule has 2 aromatic rings. The highest BCUT2D eigenvalue weighted by molar-refractivity contribution is 9.10. The summed E-state index contributed by atoms with van der Waals surface area (Å²) >= 11 is 9.32. The van der Waals surface area contributed by atoms with Gasteiger partial charge in [0.05, 0.1) is 21.4 Å². The molecule has 1 aromatic heterocycles. The van der Waals surface area contributed by atoms with Gasteiger partial charge in [0.15, 0.2) is 0 Å². The van der Waals surface area contributed by atoms with Crippen molar-refractivity contribution >= 4 is 38.6 Å². The van der Waals surface area contributed by atoms with Gasteiger partial charge in [0.1, 0.15) is 11.6 Å². The Labute approximate surface area is 137 Å². The zero-order valence-corrected chi connectivity index (χ0v) is 14.4. The number of benzene rings is 1. The fraction of sp³-hybridized carbons (Fsp3) is 0.562. The average Bonchev–Trinajstić information content (AvgIpc) is 2.79. The molecule has 1 saturated carbocycles. The second-order valence-electron chi connectivity index (χ2n) is 6.05. The third kappa shape index (κ3) is 2.98. The molecule has 0 bridgehead atoms. The van der Waals surface area contributed by atoms with Crippen LogP contribution in [0.4, 0.5) is 4.39 Å². The predicted molar refractivity (Wildman–Crippen MR) is 88.1 cm³/mol. The van der Waals surface area contributed by atoms with Gasteiger partial charge in [-0.05, 0) is 40.3 Å². The van der Waals surface area contributed by atoms with Crippen LogP contribution in [0.15, 0.2) is 16.6 Å². The standard InChI is InChI=1S/C16H19BrClFN2/c1-10-4-2-3-5-11(10)9-21-15-6-12(17)13(19)7-14(15)20-16(21)8-18/h6-7,10-11H,2-5,8-9H2,1H3. The van der Waals surface area contributed by atoms with Gasteiger partial charge < -0.3 is 4.57 Å². The van der Waals surface area contributed by atoms with Crippen LogP contribution < -0.4 is 0 Å². The van der Waals surface area contributed by atoms with Crippen LogP contribution in [0.1, 0.15) is 38.4 Å². The van der Waals surface area contributed by atoms with Gasteiger partial charge in [-0.3, -0.25) is 0 Å². The van der Waals surface area contributed by atoms with Crippen molar-refractivity contribution in [2.45, 2.75) is 45.0 Å². The second kappa shape index (κ2) is 6.25. The lowest BCUT2D eigenvalue weighted by atomic mass is 9.80. The number of hydrogen-bond acceptors (Lipinski definition) is 1. The van der Waals surface area contributed by atoms with E-state index in [4.69, 9.17) is 11.6 Å². The molecular weight excluding hydrogens is 355 g/mol. The third-order valence-electron chi connectivity index (χ3n) is 4.70. The molecule has 0 amide bonds. The molecule has 0 spiro atoms. The Morgan fingerprint density at radius 3 is 2.86 bits per heavy atom. The number of hydrogen-bond donors (Lipinski definition) is 0. The van der Waals surface area contributed by atoms with E-state index < -0.39 is 0 Å². The second-order valence-corrected chi connectivity index (χ2v) is 7.17. The predicted octanol–water partition coefficient (Wildman–Crippen LogP) is 5.50. The first-order valence-corrected chi connectivity index (χ1v) is 8.83. The van der Waals surface area contributed by atoms with Crippen molar-refractivity contribution in [1.29, 1.82) is 0 Å². The van der Waals surface area contributed by atoms with Gasteiger partial charge >= 0.3 is 0 Å². The van der Waals surface area contributed by atoms with Crippen LogP contribution in [0, 0.1) is 17.7 Å². The summed E-state index contributed by atoms with van der Waals surface area (Å²) in [5.41, 5.74) is 1.66. The zero-order valence-electron chi connectivity index (χ0n) is 12.1. The number of rotatable bonds is 3. The quantitative estimate of drug-likeness (QED) is 0.649. The molecule has 114 valence electrons. The van der Waals surface area contributed by atoms with Crippen molar-refractivity contribution in [3.05, 3.63) is 28.2 Å². The van der Waals surface area contributed by atoms with Gasteiger partial charge in [0.25, 0.3) is 0 Å². The van der Waals surface area contributed by atoms with Crippen LogP contribution >= 0.6 is 27.5 Å². The maximum atomic E-state index is 13.7. The van der Waals surface area contributed by atoms with E-state index in [0.717, 1.165) is 23.8 Å². The largest absolute Gasteiger partial charge is 0.327 e. The maximum absolute atomic E-state index is 13.7. The Morgan fingerprint density at radius 2 is 2.14 bits per heavy atom. The molecule has 1 fully saturated rings. The number of aromatic nitrogens is 2. The lowest BCUT2D eigenvalue weighted by molar-refractivity contribution is 0.229. The van der Waals surface area contributed by atoms with Gasteiger partial charge in [0.2, 0.25) is 0 Å². The molecule has 0 saturated heterocycles. The molecule has 5 heteroatoms. The molecule has 21 heavy (non-hydrogen) atoms. The highest BCUT2D eigenvalue weighted by atomic mass is 79.9. The Balaban J connectivity index is 2.01. The van der Waals surface area contributed by atoms with Crippen molar-refractivity contribution < 1.29 is 4.39 Å². The molecule has 2 nitrogen and oxygen atoms in total. The number of imidazole rings is 1. The molecule has 0 aliphatic heterocycles. The first kappa shape index (κ1) is 15.3.